The van der Waals surface area contributed by atoms with Crippen molar-refractivity contribution in [1.29, 1.82) is 0 Å². The molecule has 2 heterocycles. The molecule has 104 valence electrons. The maximum atomic E-state index is 10.9. The average Bonchev–Trinajstić information content (AvgIpc) is 2.81. The van der Waals surface area contributed by atoms with E-state index in [1.54, 1.807) is 7.05 Å². The van der Waals surface area contributed by atoms with Gasteiger partial charge in [-0.1, -0.05) is 0 Å². The maximum Gasteiger partial charge on any atom is 0.337 e. The number of pyridine rings is 1. The van der Waals surface area contributed by atoms with Crippen LogP contribution in [0.3, 0.4) is 0 Å². The van der Waals surface area contributed by atoms with Crippen molar-refractivity contribution in [2.24, 2.45) is 7.05 Å². The standard InChI is InChI=1S/C10H10N6O4/c1-15-5-13-8(14-15)4-12-9-7(16(19)20)2-6(3-11-9)10(17)18/h2-3,5H,4H2,1H3,(H,11,12)(H,17,18). The van der Waals surface area contributed by atoms with Crippen LogP contribution in [0.4, 0.5) is 11.5 Å². The van der Waals surface area contributed by atoms with Crippen LogP contribution in [-0.4, -0.2) is 35.7 Å². The van der Waals surface area contributed by atoms with E-state index in [1.165, 1.54) is 11.0 Å². The zero-order chi connectivity index (χ0) is 14.7. The third-order valence-electron chi connectivity index (χ3n) is 2.37. The molecule has 20 heavy (non-hydrogen) atoms. The number of hydrogen-bond donors (Lipinski definition) is 2. The Morgan fingerprint density at radius 3 is 2.85 bits per heavy atom. The summed E-state index contributed by atoms with van der Waals surface area (Å²) in [5.41, 5.74) is -0.668. The molecule has 0 aliphatic carbocycles. The molecule has 0 saturated carbocycles. The molecule has 0 atom stereocenters. The molecular weight excluding hydrogens is 268 g/mol. The van der Waals surface area contributed by atoms with E-state index in [9.17, 15) is 14.9 Å². The summed E-state index contributed by atoms with van der Waals surface area (Å²) in [6.07, 6.45) is 2.54. The number of aromatic carboxylic acids is 1. The number of carbonyl (C=O) groups is 1. The molecule has 0 aromatic carbocycles. The minimum Gasteiger partial charge on any atom is -0.478 e. The third-order valence-corrected chi connectivity index (χ3v) is 2.37. The van der Waals surface area contributed by atoms with Crippen molar-refractivity contribution in [3.05, 3.63) is 40.1 Å². The number of nitro groups is 1. The number of carboxylic acids is 1. The Morgan fingerprint density at radius 2 is 2.30 bits per heavy atom. The zero-order valence-corrected chi connectivity index (χ0v) is 10.3. The molecule has 0 aliphatic heterocycles. The highest BCUT2D eigenvalue weighted by molar-refractivity contribution is 5.88. The first-order valence-electron chi connectivity index (χ1n) is 5.43. The van der Waals surface area contributed by atoms with Crippen LogP contribution < -0.4 is 5.32 Å². The van der Waals surface area contributed by atoms with Crippen LogP contribution in [0.25, 0.3) is 0 Å². The molecule has 2 aromatic heterocycles. The van der Waals surface area contributed by atoms with E-state index in [1.807, 2.05) is 0 Å². The van der Waals surface area contributed by atoms with Crippen LogP contribution in [0.15, 0.2) is 18.6 Å². The van der Waals surface area contributed by atoms with E-state index >= 15 is 0 Å². The SMILES string of the molecule is Cn1cnc(CNc2ncc(C(=O)O)cc2[N+](=O)[O-])n1. The van der Waals surface area contributed by atoms with E-state index in [0.29, 0.717) is 5.82 Å². The van der Waals surface area contributed by atoms with E-state index in [0.717, 1.165) is 12.3 Å². The van der Waals surface area contributed by atoms with Crippen LogP contribution in [0, 0.1) is 10.1 Å². The summed E-state index contributed by atoms with van der Waals surface area (Å²) >= 11 is 0. The Bertz CT molecular complexity index is 668. The van der Waals surface area contributed by atoms with Crippen molar-refractivity contribution in [2.75, 3.05) is 5.32 Å². The average molecular weight is 278 g/mol. The van der Waals surface area contributed by atoms with Crippen LogP contribution in [-0.2, 0) is 13.6 Å². The first-order chi connectivity index (χ1) is 9.47. The molecule has 0 saturated heterocycles. The van der Waals surface area contributed by atoms with Crippen molar-refractivity contribution >= 4 is 17.5 Å². The molecule has 10 heteroatoms. The predicted molar refractivity (Wildman–Crippen MR) is 66.2 cm³/mol. The fraction of sp³-hybridized carbons (Fsp3) is 0.200. The van der Waals surface area contributed by atoms with Crippen molar-refractivity contribution in [3.63, 3.8) is 0 Å². The number of nitrogens with zero attached hydrogens (tertiary/aromatic N) is 5. The minimum atomic E-state index is -1.28. The highest BCUT2D eigenvalue weighted by atomic mass is 16.6. The summed E-state index contributed by atoms with van der Waals surface area (Å²) in [6, 6.07) is 0.948. The summed E-state index contributed by atoms with van der Waals surface area (Å²) < 4.78 is 1.49. The lowest BCUT2D eigenvalue weighted by Crippen LogP contribution is -2.08. The Hall–Kier alpha value is -3.04. The number of aromatic nitrogens is 4. The molecule has 2 rings (SSSR count). The van der Waals surface area contributed by atoms with Crippen LogP contribution >= 0.6 is 0 Å². The maximum absolute atomic E-state index is 10.9. The lowest BCUT2D eigenvalue weighted by Gasteiger charge is -2.04. The monoisotopic (exact) mass is 278 g/mol. The second-order valence-electron chi connectivity index (χ2n) is 3.84. The topological polar surface area (TPSA) is 136 Å². The second-order valence-corrected chi connectivity index (χ2v) is 3.84. The van der Waals surface area contributed by atoms with E-state index < -0.39 is 16.6 Å². The first kappa shape index (κ1) is 13.4. The molecular formula is C10H10N6O4. The van der Waals surface area contributed by atoms with Gasteiger partial charge in [0.2, 0.25) is 5.82 Å². The van der Waals surface area contributed by atoms with Gasteiger partial charge in [0.15, 0.2) is 5.82 Å². The summed E-state index contributed by atoms with van der Waals surface area (Å²) in [5, 5.41) is 26.4. The molecule has 10 nitrogen and oxygen atoms in total. The van der Waals surface area contributed by atoms with Gasteiger partial charge in [0.25, 0.3) is 0 Å². The van der Waals surface area contributed by atoms with E-state index in [-0.39, 0.29) is 17.9 Å². The Labute approximate surface area is 112 Å². The van der Waals surface area contributed by atoms with Crippen LogP contribution in [0.5, 0.6) is 0 Å². The van der Waals surface area contributed by atoms with Gasteiger partial charge in [-0.3, -0.25) is 14.8 Å². The first-order valence-corrected chi connectivity index (χ1v) is 5.43. The fourth-order valence-corrected chi connectivity index (χ4v) is 1.47. The van der Waals surface area contributed by atoms with Gasteiger partial charge >= 0.3 is 11.7 Å². The number of anilines is 1. The zero-order valence-electron chi connectivity index (χ0n) is 10.3. The fourth-order valence-electron chi connectivity index (χ4n) is 1.47. The Kier molecular flexibility index (Phi) is 3.55. The smallest absolute Gasteiger partial charge is 0.337 e. The normalized spacial score (nSPS) is 10.2. The molecule has 0 fully saturated rings. The molecule has 2 aromatic rings. The van der Waals surface area contributed by atoms with Gasteiger partial charge in [-0.25, -0.2) is 14.8 Å². The predicted octanol–water partition coefficient (Wildman–Crippen LogP) is 0.429. The molecule has 0 spiro atoms. The summed E-state index contributed by atoms with van der Waals surface area (Å²) in [6.45, 7) is 0.140. The molecule has 0 amide bonds. The Balaban J connectivity index is 2.22. The number of aryl methyl sites for hydroxylation is 1. The highest BCUT2D eigenvalue weighted by Gasteiger charge is 2.19. The van der Waals surface area contributed by atoms with Gasteiger partial charge in [-0.15, -0.1) is 0 Å². The van der Waals surface area contributed by atoms with Crippen molar-refractivity contribution in [2.45, 2.75) is 6.54 Å². The van der Waals surface area contributed by atoms with Crippen LogP contribution in [0.2, 0.25) is 0 Å². The van der Waals surface area contributed by atoms with Crippen molar-refractivity contribution in [1.82, 2.24) is 19.7 Å². The van der Waals surface area contributed by atoms with Crippen molar-refractivity contribution < 1.29 is 14.8 Å². The second kappa shape index (κ2) is 5.30. The van der Waals surface area contributed by atoms with Gasteiger partial charge in [0, 0.05) is 19.3 Å². The minimum absolute atomic E-state index is 0.0348. The number of hydrogen-bond acceptors (Lipinski definition) is 7. The lowest BCUT2D eigenvalue weighted by atomic mass is 10.2. The molecule has 0 unspecified atom stereocenters. The van der Waals surface area contributed by atoms with Gasteiger partial charge in [-0.2, -0.15) is 5.10 Å². The Morgan fingerprint density at radius 1 is 1.55 bits per heavy atom. The van der Waals surface area contributed by atoms with Gasteiger partial charge in [0.1, 0.15) is 6.33 Å². The third kappa shape index (κ3) is 2.85. The van der Waals surface area contributed by atoms with Gasteiger partial charge in [-0.05, 0) is 0 Å². The molecule has 0 bridgehead atoms. The largest absolute Gasteiger partial charge is 0.478 e. The van der Waals surface area contributed by atoms with Gasteiger partial charge < -0.3 is 10.4 Å². The van der Waals surface area contributed by atoms with Gasteiger partial charge in [0.05, 0.1) is 17.0 Å². The highest BCUT2D eigenvalue weighted by Crippen LogP contribution is 2.23. The van der Waals surface area contributed by atoms with E-state index in [2.05, 4.69) is 20.4 Å². The van der Waals surface area contributed by atoms with Crippen LogP contribution in [0.1, 0.15) is 16.2 Å². The molecule has 2 N–H and O–H groups in total. The number of rotatable bonds is 5. The number of nitrogens with one attached hydrogen (secondary N) is 1. The summed E-state index contributed by atoms with van der Waals surface area (Å²) in [5.74, 6) is -0.878. The van der Waals surface area contributed by atoms with Crippen molar-refractivity contribution in [3.8, 4) is 0 Å². The lowest BCUT2D eigenvalue weighted by molar-refractivity contribution is -0.384. The molecule has 0 radical (unpaired) electrons. The summed E-state index contributed by atoms with van der Waals surface area (Å²) in [4.78, 5) is 28.7. The number of carboxylic acid groups (broad SMARTS) is 1. The molecule has 0 aliphatic rings. The quantitative estimate of drug-likeness (QED) is 0.593. The van der Waals surface area contributed by atoms with E-state index in [4.69, 9.17) is 5.11 Å². The summed E-state index contributed by atoms with van der Waals surface area (Å²) in [7, 11) is 1.69.